The second kappa shape index (κ2) is 7.92. The molecule has 7 heteroatoms. The molecule has 1 fully saturated rings. The van der Waals surface area contributed by atoms with E-state index in [0.29, 0.717) is 44.0 Å². The van der Waals surface area contributed by atoms with Crippen molar-refractivity contribution in [2.45, 2.75) is 39.4 Å². The molecule has 0 amide bonds. The lowest BCUT2D eigenvalue weighted by Crippen LogP contribution is -2.52. The number of ether oxygens (including phenoxy) is 1. The maximum atomic E-state index is 12.5. The third kappa shape index (κ3) is 3.71. The van der Waals surface area contributed by atoms with Gasteiger partial charge in [-0.25, -0.2) is 0 Å². The molecule has 0 saturated carbocycles. The minimum absolute atomic E-state index is 0.0537. The number of aliphatic hydroxyl groups is 1. The lowest BCUT2D eigenvalue weighted by molar-refractivity contribution is -0.187. The van der Waals surface area contributed by atoms with E-state index < -0.39 is 11.7 Å². The van der Waals surface area contributed by atoms with E-state index in [0.717, 1.165) is 10.2 Å². The quantitative estimate of drug-likeness (QED) is 0.735. The van der Waals surface area contributed by atoms with Crippen molar-refractivity contribution >= 4 is 39.0 Å². The number of ketones is 1. The summed E-state index contributed by atoms with van der Waals surface area (Å²) >= 11 is 9.74. The Kier molecular flexibility index (Phi) is 6.42. The first-order valence-corrected chi connectivity index (χ1v) is 9.00. The Bertz CT molecular complexity index is 542. The van der Waals surface area contributed by atoms with Crippen molar-refractivity contribution in [3.05, 3.63) is 21.9 Å². The number of aliphatic hydroxyl groups excluding tert-OH is 1. The van der Waals surface area contributed by atoms with Gasteiger partial charge in [0.2, 0.25) is 0 Å². The number of nitrogens with zero attached hydrogens (tertiary/aromatic N) is 2. The van der Waals surface area contributed by atoms with Crippen LogP contribution in [-0.4, -0.2) is 41.9 Å². The van der Waals surface area contributed by atoms with Crippen molar-refractivity contribution in [3.63, 3.8) is 0 Å². The number of anilines is 1. The van der Waals surface area contributed by atoms with E-state index in [4.69, 9.17) is 16.3 Å². The molecule has 0 spiro atoms. The second-order valence-electron chi connectivity index (χ2n) is 5.68. The van der Waals surface area contributed by atoms with E-state index in [2.05, 4.69) is 25.8 Å². The summed E-state index contributed by atoms with van der Waals surface area (Å²) in [5.74, 6) is 0.0537. The first-order chi connectivity index (χ1) is 11.0. The van der Waals surface area contributed by atoms with Crippen molar-refractivity contribution in [2.24, 2.45) is 5.41 Å². The Hall–Kier alpha value is -0.690. The number of hydrogen-bond acceptors (Lipinski definition) is 5. The molecule has 2 heterocycles. The highest BCUT2D eigenvalue weighted by atomic mass is 79.9. The number of carbonyl (C=O) groups is 1. The molecule has 5 nitrogen and oxygen atoms in total. The fourth-order valence-corrected chi connectivity index (χ4v) is 4.14. The number of aromatic nitrogens is 1. The summed E-state index contributed by atoms with van der Waals surface area (Å²) in [5, 5.41) is 11.0. The summed E-state index contributed by atoms with van der Waals surface area (Å²) in [4.78, 5) is 18.6. The van der Waals surface area contributed by atoms with Crippen molar-refractivity contribution in [1.29, 1.82) is 0 Å². The van der Waals surface area contributed by atoms with Gasteiger partial charge in [-0.15, -0.1) is 0 Å². The number of carbonyl (C=O) groups excluding carboxylic acids is 1. The number of rotatable bonds is 6. The van der Waals surface area contributed by atoms with E-state index in [1.807, 2.05) is 13.8 Å². The molecule has 1 atom stereocenters. The van der Waals surface area contributed by atoms with Gasteiger partial charge in [0.15, 0.2) is 6.29 Å². The van der Waals surface area contributed by atoms with Gasteiger partial charge in [0.1, 0.15) is 5.78 Å². The zero-order valence-electron chi connectivity index (χ0n) is 13.4. The molecule has 1 unspecified atom stereocenters. The average molecular weight is 406 g/mol. The molecule has 2 rings (SSSR count). The first kappa shape index (κ1) is 18.6. The van der Waals surface area contributed by atoms with Crippen molar-refractivity contribution < 1.29 is 14.6 Å². The van der Waals surface area contributed by atoms with Gasteiger partial charge in [-0.3, -0.25) is 9.78 Å². The van der Waals surface area contributed by atoms with Crippen LogP contribution in [0.25, 0.3) is 0 Å². The van der Waals surface area contributed by atoms with Crippen molar-refractivity contribution in [3.8, 4) is 0 Å². The molecule has 1 aromatic heterocycles. The number of Topliss-reactive ketones (excluding diaryl/α,β-unsaturated/α-hetero) is 1. The number of halogens is 2. The van der Waals surface area contributed by atoms with Crippen molar-refractivity contribution in [1.82, 2.24) is 4.98 Å². The van der Waals surface area contributed by atoms with E-state index >= 15 is 0 Å². The highest BCUT2D eigenvalue weighted by Gasteiger charge is 2.47. The predicted molar refractivity (Wildman–Crippen MR) is 93.8 cm³/mol. The van der Waals surface area contributed by atoms with E-state index in [-0.39, 0.29) is 5.78 Å². The molecule has 1 saturated heterocycles. The SMILES string of the molecule is CCOC(O)C1(C(=O)CC)CCN(c2c(Cl)cncc2Br)CC1. The zero-order valence-corrected chi connectivity index (χ0v) is 15.7. The van der Waals surface area contributed by atoms with Gasteiger partial charge in [0, 0.05) is 38.5 Å². The van der Waals surface area contributed by atoms with Crippen molar-refractivity contribution in [2.75, 3.05) is 24.6 Å². The fraction of sp³-hybridized carbons (Fsp3) is 0.625. The predicted octanol–water partition coefficient (Wildman–Crippen LogP) is 3.42. The van der Waals surface area contributed by atoms with Crippen LogP contribution in [0.15, 0.2) is 16.9 Å². The van der Waals surface area contributed by atoms with Gasteiger partial charge < -0.3 is 14.7 Å². The topological polar surface area (TPSA) is 62.7 Å². The molecular formula is C16H22BrClN2O3. The molecule has 128 valence electrons. The smallest absolute Gasteiger partial charge is 0.167 e. The average Bonchev–Trinajstić information content (AvgIpc) is 2.55. The minimum Gasteiger partial charge on any atom is -0.369 e. The summed E-state index contributed by atoms with van der Waals surface area (Å²) in [6.07, 6.45) is 3.71. The molecule has 1 aliphatic rings. The number of piperidine rings is 1. The van der Waals surface area contributed by atoms with Gasteiger partial charge >= 0.3 is 0 Å². The van der Waals surface area contributed by atoms with Crippen LogP contribution in [0.2, 0.25) is 5.02 Å². The first-order valence-electron chi connectivity index (χ1n) is 7.83. The summed E-state index contributed by atoms with van der Waals surface area (Å²) in [5.41, 5.74) is 0.0536. The van der Waals surface area contributed by atoms with Crippen LogP contribution >= 0.6 is 27.5 Å². The van der Waals surface area contributed by atoms with Crippen LogP contribution in [0, 0.1) is 5.41 Å². The molecule has 0 bridgehead atoms. The molecule has 1 N–H and O–H groups in total. The fourth-order valence-electron chi connectivity index (χ4n) is 3.17. The van der Waals surface area contributed by atoms with Crippen LogP contribution < -0.4 is 4.90 Å². The van der Waals surface area contributed by atoms with E-state index in [1.165, 1.54) is 0 Å². The molecular weight excluding hydrogens is 384 g/mol. The normalized spacial score (nSPS) is 18.7. The van der Waals surface area contributed by atoms with Crippen LogP contribution in [0.3, 0.4) is 0 Å². The second-order valence-corrected chi connectivity index (χ2v) is 6.94. The molecule has 0 aromatic carbocycles. The Morgan fingerprint density at radius 2 is 2.13 bits per heavy atom. The van der Waals surface area contributed by atoms with Gasteiger partial charge in [-0.2, -0.15) is 0 Å². The molecule has 0 radical (unpaired) electrons. The summed E-state index contributed by atoms with van der Waals surface area (Å²) in [6, 6.07) is 0. The van der Waals surface area contributed by atoms with Crippen LogP contribution in [0.4, 0.5) is 5.69 Å². The third-order valence-corrected chi connectivity index (χ3v) is 5.33. The monoisotopic (exact) mass is 404 g/mol. The van der Waals surface area contributed by atoms with E-state index in [9.17, 15) is 9.90 Å². The standard InChI is InChI=1S/C16H22BrClN2O3/c1-3-13(21)16(15(22)23-4-2)5-7-20(8-6-16)14-11(17)9-19-10-12(14)18/h9-10,15,22H,3-8H2,1-2H3. The Labute approximate surface area is 150 Å². The minimum atomic E-state index is -1.06. The van der Waals surface area contributed by atoms with Crippen LogP contribution in [0.5, 0.6) is 0 Å². The zero-order chi connectivity index (χ0) is 17.0. The molecule has 1 aliphatic heterocycles. The lowest BCUT2D eigenvalue weighted by atomic mass is 9.73. The summed E-state index contributed by atoms with van der Waals surface area (Å²) in [7, 11) is 0. The molecule has 0 aliphatic carbocycles. The van der Waals surface area contributed by atoms with Gasteiger partial charge in [-0.1, -0.05) is 18.5 Å². The third-order valence-electron chi connectivity index (χ3n) is 4.47. The summed E-state index contributed by atoms with van der Waals surface area (Å²) in [6.45, 7) is 5.27. The van der Waals surface area contributed by atoms with Crippen LogP contribution in [-0.2, 0) is 9.53 Å². The van der Waals surface area contributed by atoms with E-state index in [1.54, 1.807) is 12.4 Å². The lowest BCUT2D eigenvalue weighted by Gasteiger charge is -2.44. The maximum absolute atomic E-state index is 12.5. The Morgan fingerprint density at radius 1 is 1.48 bits per heavy atom. The molecule has 1 aromatic rings. The Morgan fingerprint density at radius 3 is 2.65 bits per heavy atom. The highest BCUT2D eigenvalue weighted by Crippen LogP contribution is 2.42. The van der Waals surface area contributed by atoms with Gasteiger partial charge in [-0.05, 0) is 35.7 Å². The maximum Gasteiger partial charge on any atom is 0.167 e. The number of hydrogen-bond donors (Lipinski definition) is 1. The largest absolute Gasteiger partial charge is 0.369 e. The Balaban J connectivity index is 2.21. The molecule has 23 heavy (non-hydrogen) atoms. The summed E-state index contributed by atoms with van der Waals surface area (Å²) < 4.78 is 6.19. The van der Waals surface area contributed by atoms with Gasteiger partial charge in [0.25, 0.3) is 0 Å². The van der Waals surface area contributed by atoms with Crippen LogP contribution in [0.1, 0.15) is 33.1 Å². The van der Waals surface area contributed by atoms with Gasteiger partial charge in [0.05, 0.1) is 20.6 Å². The highest BCUT2D eigenvalue weighted by molar-refractivity contribution is 9.10. The number of pyridine rings is 1.